The van der Waals surface area contributed by atoms with Crippen LogP contribution in [-0.4, -0.2) is 27.1 Å². The lowest BCUT2D eigenvalue weighted by Gasteiger charge is -2.10. The number of hydrogen-bond donors (Lipinski definition) is 2. The first kappa shape index (κ1) is 15.1. The van der Waals surface area contributed by atoms with E-state index in [2.05, 4.69) is 15.3 Å². The van der Waals surface area contributed by atoms with Crippen LogP contribution in [0.1, 0.15) is 24.2 Å². The van der Waals surface area contributed by atoms with Crippen LogP contribution < -0.4 is 10.1 Å². The van der Waals surface area contributed by atoms with Crippen LogP contribution in [0, 0.1) is 0 Å². The van der Waals surface area contributed by atoms with Crippen molar-refractivity contribution in [3.05, 3.63) is 41.0 Å². The summed E-state index contributed by atoms with van der Waals surface area (Å²) in [6.07, 6.45) is 1.56. The van der Waals surface area contributed by atoms with Gasteiger partial charge in [-0.05, 0) is 32.0 Å². The van der Waals surface area contributed by atoms with Crippen molar-refractivity contribution in [2.24, 2.45) is 0 Å². The second-order valence-electron chi connectivity index (χ2n) is 4.51. The summed E-state index contributed by atoms with van der Waals surface area (Å²) < 4.78 is 5.47. The third-order valence-electron chi connectivity index (χ3n) is 2.44. The first-order valence-corrected chi connectivity index (χ1v) is 6.63. The summed E-state index contributed by atoms with van der Waals surface area (Å²) in [5.41, 5.74) is 0.537. The van der Waals surface area contributed by atoms with E-state index in [4.69, 9.17) is 21.4 Å². The maximum absolute atomic E-state index is 11.0. The van der Waals surface area contributed by atoms with Gasteiger partial charge in [0.15, 0.2) is 0 Å². The van der Waals surface area contributed by atoms with Crippen molar-refractivity contribution in [1.29, 1.82) is 0 Å². The normalized spacial score (nSPS) is 10.5. The van der Waals surface area contributed by atoms with Crippen molar-refractivity contribution >= 4 is 29.2 Å². The maximum Gasteiger partial charge on any atom is 0.337 e. The lowest BCUT2D eigenvalue weighted by molar-refractivity contribution is 0.0697. The number of halogens is 1. The van der Waals surface area contributed by atoms with Crippen molar-refractivity contribution < 1.29 is 14.6 Å². The minimum atomic E-state index is -1.10. The van der Waals surface area contributed by atoms with Gasteiger partial charge in [-0.2, -0.15) is 4.98 Å². The van der Waals surface area contributed by atoms with Gasteiger partial charge in [-0.25, -0.2) is 9.78 Å². The number of aromatic nitrogens is 2. The molecule has 0 fully saturated rings. The molecule has 0 radical (unpaired) electrons. The van der Waals surface area contributed by atoms with Crippen molar-refractivity contribution in [2.75, 3.05) is 5.32 Å². The summed E-state index contributed by atoms with van der Waals surface area (Å²) in [7, 11) is 0. The molecule has 0 spiro atoms. The van der Waals surface area contributed by atoms with Crippen molar-refractivity contribution in [3.63, 3.8) is 0 Å². The third kappa shape index (κ3) is 4.06. The Kier molecular flexibility index (Phi) is 4.59. The molecule has 1 aromatic carbocycles. The van der Waals surface area contributed by atoms with E-state index in [0.717, 1.165) is 0 Å². The van der Waals surface area contributed by atoms with Gasteiger partial charge in [0.25, 0.3) is 0 Å². The van der Waals surface area contributed by atoms with E-state index >= 15 is 0 Å². The van der Waals surface area contributed by atoms with Crippen LogP contribution in [0.5, 0.6) is 5.88 Å². The van der Waals surface area contributed by atoms with Gasteiger partial charge in [0.1, 0.15) is 0 Å². The number of aromatic carboxylic acids is 1. The van der Waals surface area contributed by atoms with E-state index in [1.807, 2.05) is 13.8 Å². The van der Waals surface area contributed by atoms with Crippen molar-refractivity contribution in [3.8, 4) is 5.88 Å². The van der Waals surface area contributed by atoms with Crippen molar-refractivity contribution in [1.82, 2.24) is 9.97 Å². The van der Waals surface area contributed by atoms with Crippen LogP contribution >= 0.6 is 11.6 Å². The van der Waals surface area contributed by atoms with Gasteiger partial charge in [-0.3, -0.25) is 0 Å². The van der Waals surface area contributed by atoms with Crippen LogP contribution in [0.4, 0.5) is 11.6 Å². The highest BCUT2D eigenvalue weighted by atomic mass is 35.5. The Balaban J connectivity index is 2.22. The fourth-order valence-corrected chi connectivity index (χ4v) is 1.80. The minimum Gasteiger partial charge on any atom is -0.478 e. The van der Waals surface area contributed by atoms with E-state index in [9.17, 15) is 4.79 Å². The van der Waals surface area contributed by atoms with Gasteiger partial charge in [0.05, 0.1) is 16.7 Å². The molecule has 21 heavy (non-hydrogen) atoms. The zero-order chi connectivity index (χ0) is 15.4. The largest absolute Gasteiger partial charge is 0.478 e. The quantitative estimate of drug-likeness (QED) is 0.881. The van der Waals surface area contributed by atoms with Crippen LogP contribution in [-0.2, 0) is 0 Å². The number of benzene rings is 1. The summed E-state index contributed by atoms with van der Waals surface area (Å²) in [5, 5.41) is 12.1. The molecule has 2 aromatic rings. The average Bonchev–Trinajstić information content (AvgIpc) is 2.40. The monoisotopic (exact) mass is 307 g/mol. The molecular formula is C14H14ClN3O3. The Morgan fingerprint density at radius 3 is 2.81 bits per heavy atom. The van der Waals surface area contributed by atoms with E-state index in [1.54, 1.807) is 18.3 Å². The standard InChI is InChI=1S/C14H14ClN3O3/c1-8(2)21-12-5-6-16-14(18-12)17-9-3-4-11(15)10(7-9)13(19)20/h3-8H,1-2H3,(H,19,20)(H,16,17,18). The van der Waals surface area contributed by atoms with Crippen molar-refractivity contribution in [2.45, 2.75) is 20.0 Å². The molecule has 1 aromatic heterocycles. The molecule has 0 unspecified atom stereocenters. The predicted molar refractivity (Wildman–Crippen MR) is 79.5 cm³/mol. The van der Waals surface area contributed by atoms with E-state index in [-0.39, 0.29) is 16.7 Å². The Morgan fingerprint density at radius 2 is 2.14 bits per heavy atom. The molecule has 0 aliphatic rings. The molecule has 6 nitrogen and oxygen atoms in total. The first-order valence-electron chi connectivity index (χ1n) is 6.25. The topological polar surface area (TPSA) is 84.3 Å². The molecule has 2 rings (SSSR count). The molecule has 2 N–H and O–H groups in total. The lowest BCUT2D eigenvalue weighted by atomic mass is 10.2. The smallest absolute Gasteiger partial charge is 0.337 e. The van der Waals surface area contributed by atoms with Gasteiger partial charge in [-0.1, -0.05) is 11.6 Å². The highest BCUT2D eigenvalue weighted by Crippen LogP contribution is 2.22. The van der Waals surface area contributed by atoms with Gasteiger partial charge < -0.3 is 15.2 Å². The molecule has 1 heterocycles. The SMILES string of the molecule is CC(C)Oc1ccnc(Nc2ccc(Cl)c(C(=O)O)c2)n1. The van der Waals surface area contributed by atoms with Gasteiger partial charge in [-0.15, -0.1) is 0 Å². The second-order valence-corrected chi connectivity index (χ2v) is 4.92. The molecule has 0 atom stereocenters. The maximum atomic E-state index is 11.0. The number of ether oxygens (including phenoxy) is 1. The Morgan fingerprint density at radius 1 is 1.38 bits per heavy atom. The van der Waals surface area contributed by atoms with E-state index < -0.39 is 5.97 Å². The fraction of sp³-hybridized carbons (Fsp3) is 0.214. The Labute approximate surface area is 126 Å². The molecule has 7 heteroatoms. The van der Waals surface area contributed by atoms with Crippen LogP contribution in [0.15, 0.2) is 30.5 Å². The molecule has 0 aliphatic heterocycles. The molecular weight excluding hydrogens is 294 g/mol. The molecule has 0 saturated carbocycles. The summed E-state index contributed by atoms with van der Waals surface area (Å²) >= 11 is 5.82. The Hall–Kier alpha value is -2.34. The van der Waals surface area contributed by atoms with Gasteiger partial charge >= 0.3 is 5.97 Å². The number of carboxylic acid groups (broad SMARTS) is 1. The molecule has 0 amide bonds. The van der Waals surface area contributed by atoms with Gasteiger partial charge in [0.2, 0.25) is 11.8 Å². The van der Waals surface area contributed by atoms with E-state index in [0.29, 0.717) is 17.5 Å². The lowest BCUT2D eigenvalue weighted by Crippen LogP contribution is -2.08. The van der Waals surface area contributed by atoms with Crippen LogP contribution in [0.25, 0.3) is 0 Å². The number of carbonyl (C=O) groups is 1. The highest BCUT2D eigenvalue weighted by Gasteiger charge is 2.10. The van der Waals surface area contributed by atoms with Crippen LogP contribution in [0.3, 0.4) is 0 Å². The molecule has 0 bridgehead atoms. The summed E-state index contributed by atoms with van der Waals surface area (Å²) in [6.45, 7) is 3.79. The number of hydrogen-bond acceptors (Lipinski definition) is 5. The highest BCUT2D eigenvalue weighted by molar-refractivity contribution is 6.33. The number of nitrogens with zero attached hydrogens (tertiary/aromatic N) is 2. The fourth-order valence-electron chi connectivity index (χ4n) is 1.61. The summed E-state index contributed by atoms with van der Waals surface area (Å²) in [4.78, 5) is 19.3. The number of rotatable bonds is 5. The average molecular weight is 308 g/mol. The Bertz CT molecular complexity index is 662. The third-order valence-corrected chi connectivity index (χ3v) is 2.77. The molecule has 0 saturated heterocycles. The number of carboxylic acids is 1. The number of nitrogens with one attached hydrogen (secondary N) is 1. The zero-order valence-corrected chi connectivity index (χ0v) is 12.3. The molecule has 0 aliphatic carbocycles. The minimum absolute atomic E-state index is 0.00175. The van der Waals surface area contributed by atoms with Gasteiger partial charge in [0, 0.05) is 18.0 Å². The zero-order valence-electron chi connectivity index (χ0n) is 11.5. The summed E-state index contributed by atoms with van der Waals surface area (Å²) in [6, 6.07) is 6.22. The second kappa shape index (κ2) is 6.41. The first-order chi connectivity index (χ1) is 9.95. The van der Waals surface area contributed by atoms with E-state index in [1.165, 1.54) is 12.1 Å². The number of anilines is 2. The molecule has 110 valence electrons. The predicted octanol–water partition coefficient (Wildman–Crippen LogP) is 3.36. The summed E-state index contributed by atoms with van der Waals surface area (Å²) in [5.74, 6) is -0.344. The van der Waals surface area contributed by atoms with Crippen LogP contribution in [0.2, 0.25) is 5.02 Å².